The maximum Gasteiger partial charge on any atom is 0.247 e. The summed E-state index contributed by atoms with van der Waals surface area (Å²) in [5, 5.41) is 3.07. The molecule has 0 radical (unpaired) electrons. The third-order valence-electron chi connectivity index (χ3n) is 5.98. The van der Waals surface area contributed by atoms with Gasteiger partial charge in [-0.2, -0.15) is 4.31 Å². The fraction of sp³-hybridized carbons (Fsp3) is 0.636. The van der Waals surface area contributed by atoms with E-state index in [2.05, 4.69) is 5.32 Å². The number of anilines is 1. The maximum absolute atomic E-state index is 13.5. The van der Waals surface area contributed by atoms with E-state index in [1.807, 2.05) is 6.92 Å². The van der Waals surface area contributed by atoms with Crippen LogP contribution in [0.5, 0.6) is 5.75 Å². The molecule has 172 valence electrons. The van der Waals surface area contributed by atoms with Crippen LogP contribution >= 0.6 is 0 Å². The van der Waals surface area contributed by atoms with E-state index >= 15 is 0 Å². The second kappa shape index (κ2) is 9.56. The van der Waals surface area contributed by atoms with Gasteiger partial charge in [0, 0.05) is 18.3 Å². The van der Waals surface area contributed by atoms with Gasteiger partial charge < -0.3 is 10.1 Å². The normalized spacial score (nSPS) is 23.2. The third kappa shape index (κ3) is 5.03. The van der Waals surface area contributed by atoms with E-state index in [1.54, 1.807) is 38.1 Å². The largest absolute Gasteiger partial charge is 0.494 e. The smallest absolute Gasteiger partial charge is 0.247 e. The molecule has 2 amide bonds. The van der Waals surface area contributed by atoms with Gasteiger partial charge in [-0.1, -0.05) is 19.8 Å². The number of carbonyl (C=O) groups is 2. The predicted molar refractivity (Wildman–Crippen MR) is 120 cm³/mol. The molecule has 0 spiro atoms. The van der Waals surface area contributed by atoms with Crippen molar-refractivity contribution in [2.75, 3.05) is 30.3 Å². The van der Waals surface area contributed by atoms with E-state index in [9.17, 15) is 18.0 Å². The molecular weight excluding hydrogens is 418 g/mol. The second-order valence-electron chi connectivity index (χ2n) is 8.47. The van der Waals surface area contributed by atoms with Gasteiger partial charge in [0.2, 0.25) is 21.8 Å². The molecule has 1 aliphatic carbocycles. The summed E-state index contributed by atoms with van der Waals surface area (Å²) in [6.45, 7) is 5.49. The van der Waals surface area contributed by atoms with Gasteiger partial charge in [-0.15, -0.1) is 0 Å². The lowest BCUT2D eigenvalue weighted by atomic mass is 9.94. The summed E-state index contributed by atoms with van der Waals surface area (Å²) in [4.78, 5) is 28.1. The number of carbonyl (C=O) groups excluding carboxylic acids is 2. The van der Waals surface area contributed by atoms with Gasteiger partial charge in [-0.3, -0.25) is 14.5 Å². The topological polar surface area (TPSA) is 96.0 Å². The van der Waals surface area contributed by atoms with Crippen LogP contribution < -0.4 is 15.0 Å². The Balaban J connectivity index is 1.96. The van der Waals surface area contributed by atoms with Crippen LogP contribution in [0.15, 0.2) is 24.3 Å². The molecule has 1 N–H and O–H groups in total. The number of hydrogen-bond donors (Lipinski definition) is 1. The Kier molecular flexibility index (Phi) is 7.26. The second-order valence-corrected chi connectivity index (χ2v) is 10.6. The summed E-state index contributed by atoms with van der Waals surface area (Å²) in [5.41, 5.74) is -0.809. The van der Waals surface area contributed by atoms with E-state index in [-0.39, 0.29) is 30.8 Å². The number of benzene rings is 1. The molecule has 1 aliphatic heterocycles. The zero-order valence-corrected chi connectivity index (χ0v) is 19.4. The van der Waals surface area contributed by atoms with Crippen molar-refractivity contribution < 1.29 is 22.7 Å². The highest BCUT2D eigenvalue weighted by Crippen LogP contribution is 2.32. The van der Waals surface area contributed by atoms with Crippen molar-refractivity contribution in [2.45, 2.75) is 64.5 Å². The molecule has 8 nitrogen and oxygen atoms in total. The van der Waals surface area contributed by atoms with Crippen molar-refractivity contribution in [3.8, 4) is 5.75 Å². The van der Waals surface area contributed by atoms with E-state index in [4.69, 9.17) is 4.74 Å². The minimum atomic E-state index is -3.63. The Morgan fingerprint density at radius 3 is 2.42 bits per heavy atom. The van der Waals surface area contributed by atoms with Crippen molar-refractivity contribution in [2.24, 2.45) is 0 Å². The highest BCUT2D eigenvalue weighted by atomic mass is 32.2. The first-order valence-electron chi connectivity index (χ1n) is 11.1. The first-order valence-corrected chi connectivity index (χ1v) is 12.7. The molecule has 2 fully saturated rings. The van der Waals surface area contributed by atoms with Crippen LogP contribution in [-0.4, -0.2) is 61.6 Å². The lowest BCUT2D eigenvalue weighted by Gasteiger charge is -2.47. The Morgan fingerprint density at radius 2 is 1.84 bits per heavy atom. The van der Waals surface area contributed by atoms with Crippen molar-refractivity contribution >= 4 is 27.5 Å². The van der Waals surface area contributed by atoms with Crippen LogP contribution in [0.2, 0.25) is 0 Å². The zero-order valence-electron chi connectivity index (χ0n) is 18.6. The summed E-state index contributed by atoms with van der Waals surface area (Å²) >= 11 is 0. The fourth-order valence-electron chi connectivity index (χ4n) is 4.42. The molecule has 1 heterocycles. The van der Waals surface area contributed by atoms with Crippen molar-refractivity contribution in [1.29, 1.82) is 0 Å². The number of hydrogen-bond acceptors (Lipinski definition) is 5. The molecule has 9 heteroatoms. The monoisotopic (exact) mass is 451 g/mol. The molecule has 0 unspecified atom stereocenters. The van der Waals surface area contributed by atoms with Gasteiger partial charge in [0.1, 0.15) is 11.3 Å². The van der Waals surface area contributed by atoms with E-state index < -0.39 is 21.5 Å². The molecule has 1 aromatic rings. The number of ether oxygens (including phenoxy) is 1. The predicted octanol–water partition coefficient (Wildman–Crippen LogP) is 2.29. The molecular formula is C22H33N3O5S. The third-order valence-corrected chi connectivity index (χ3v) is 7.95. The average molecular weight is 452 g/mol. The zero-order chi connectivity index (χ0) is 22.6. The number of nitrogens with zero attached hydrogens (tertiary/aromatic N) is 2. The Morgan fingerprint density at radius 1 is 1.19 bits per heavy atom. The molecule has 0 bridgehead atoms. The number of piperazine rings is 1. The van der Waals surface area contributed by atoms with Crippen LogP contribution in [0.4, 0.5) is 5.69 Å². The standard InChI is InChI=1S/C22H33N3O5S/c1-4-14-31(28,29)24-15-20(26)25(18-10-12-19(13-11-18)30-5-2)22(3,16-24)21(27)23-17-8-6-7-9-17/h10-13,17H,4-9,14-16H2,1-3H3,(H,23,27)/t22-/m1/s1. The Bertz CT molecular complexity index is 896. The summed E-state index contributed by atoms with van der Waals surface area (Å²) < 4.78 is 32.2. The first-order chi connectivity index (χ1) is 14.7. The quantitative estimate of drug-likeness (QED) is 0.654. The summed E-state index contributed by atoms with van der Waals surface area (Å²) in [6.07, 6.45) is 4.36. The van der Waals surface area contributed by atoms with Crippen LogP contribution in [-0.2, 0) is 19.6 Å². The molecule has 2 aliphatic rings. The molecule has 3 rings (SSSR count). The molecule has 1 saturated carbocycles. The van der Waals surface area contributed by atoms with Gasteiger partial charge in [0.15, 0.2) is 0 Å². The number of rotatable bonds is 8. The fourth-order valence-corrected chi connectivity index (χ4v) is 5.95. The maximum atomic E-state index is 13.5. The number of amides is 2. The summed E-state index contributed by atoms with van der Waals surface area (Å²) in [5.74, 6) is -0.124. The SMILES string of the molecule is CCCS(=O)(=O)N1CC(=O)N(c2ccc(OCC)cc2)[C@@](C)(C(=O)NC2CCCC2)C1. The minimum absolute atomic E-state index is 0.0519. The van der Waals surface area contributed by atoms with Crippen LogP contribution in [0.3, 0.4) is 0 Å². The van der Waals surface area contributed by atoms with E-state index in [0.717, 1.165) is 30.0 Å². The summed E-state index contributed by atoms with van der Waals surface area (Å²) in [7, 11) is -3.63. The Hall–Kier alpha value is -2.13. The van der Waals surface area contributed by atoms with Gasteiger partial charge in [-0.25, -0.2) is 8.42 Å². The molecule has 1 saturated heterocycles. The highest BCUT2D eigenvalue weighted by molar-refractivity contribution is 7.89. The van der Waals surface area contributed by atoms with Crippen LogP contribution in [0.1, 0.15) is 52.9 Å². The van der Waals surface area contributed by atoms with Crippen molar-refractivity contribution in [3.63, 3.8) is 0 Å². The van der Waals surface area contributed by atoms with Crippen molar-refractivity contribution in [1.82, 2.24) is 9.62 Å². The lowest BCUT2D eigenvalue weighted by Crippen LogP contribution is -2.70. The molecule has 1 atom stereocenters. The molecule has 31 heavy (non-hydrogen) atoms. The molecule has 1 aromatic carbocycles. The number of nitrogens with one attached hydrogen (secondary N) is 1. The molecule has 0 aromatic heterocycles. The van der Waals surface area contributed by atoms with Crippen LogP contribution in [0.25, 0.3) is 0 Å². The van der Waals surface area contributed by atoms with E-state index in [0.29, 0.717) is 24.5 Å². The average Bonchev–Trinajstić information content (AvgIpc) is 3.22. The van der Waals surface area contributed by atoms with Crippen molar-refractivity contribution in [3.05, 3.63) is 24.3 Å². The first kappa shape index (κ1) is 23.5. The minimum Gasteiger partial charge on any atom is -0.494 e. The Labute approximate surface area is 185 Å². The van der Waals surface area contributed by atoms with Gasteiger partial charge in [-0.05, 0) is 57.4 Å². The van der Waals surface area contributed by atoms with Crippen LogP contribution in [0, 0.1) is 0 Å². The highest BCUT2D eigenvalue weighted by Gasteiger charge is 2.51. The van der Waals surface area contributed by atoms with Gasteiger partial charge in [0.05, 0.1) is 18.9 Å². The lowest BCUT2D eigenvalue weighted by molar-refractivity contribution is -0.133. The van der Waals surface area contributed by atoms with Gasteiger partial charge in [0.25, 0.3) is 0 Å². The van der Waals surface area contributed by atoms with E-state index in [1.165, 1.54) is 4.90 Å². The summed E-state index contributed by atoms with van der Waals surface area (Å²) in [6, 6.07) is 7.04. The van der Waals surface area contributed by atoms with Gasteiger partial charge >= 0.3 is 0 Å². The number of sulfonamides is 1.